The summed E-state index contributed by atoms with van der Waals surface area (Å²) in [6.45, 7) is 8.30. The molecule has 0 heterocycles. The Morgan fingerprint density at radius 3 is 2.45 bits per heavy atom. The van der Waals surface area contributed by atoms with Gasteiger partial charge in [0.1, 0.15) is 5.82 Å². The lowest BCUT2D eigenvalue weighted by molar-refractivity contribution is -0.126. The highest BCUT2D eigenvalue weighted by molar-refractivity contribution is 5.79. The average Bonchev–Trinajstić information content (AvgIpc) is 2.35. The predicted octanol–water partition coefficient (Wildman–Crippen LogP) is 3.01. The van der Waals surface area contributed by atoms with Gasteiger partial charge in [0, 0.05) is 12.1 Å². The van der Waals surface area contributed by atoms with Crippen LogP contribution in [-0.2, 0) is 4.79 Å². The van der Waals surface area contributed by atoms with Crippen LogP contribution in [0.5, 0.6) is 0 Å². The summed E-state index contributed by atoms with van der Waals surface area (Å²) in [5, 5.41) is 2.85. The minimum atomic E-state index is -0.363. The Kier molecular flexibility index (Phi) is 5.69. The fraction of sp³-hybridized carbons (Fsp3) is 0.562. The summed E-state index contributed by atoms with van der Waals surface area (Å²) in [7, 11) is 0. The second-order valence-corrected chi connectivity index (χ2v) is 6.45. The largest absolute Gasteiger partial charge is 0.349 e. The highest BCUT2D eigenvalue weighted by Crippen LogP contribution is 2.25. The van der Waals surface area contributed by atoms with E-state index in [0.29, 0.717) is 18.5 Å². The number of hydrogen-bond acceptors (Lipinski definition) is 2. The minimum absolute atomic E-state index is 0.0304. The van der Waals surface area contributed by atoms with Gasteiger partial charge in [0.25, 0.3) is 0 Å². The number of carbonyl (C=O) groups is 1. The van der Waals surface area contributed by atoms with Crippen molar-refractivity contribution in [2.24, 2.45) is 17.1 Å². The molecule has 0 radical (unpaired) electrons. The maximum Gasteiger partial charge on any atom is 0.224 e. The number of rotatable bonds is 5. The van der Waals surface area contributed by atoms with Crippen molar-refractivity contribution >= 4 is 5.91 Å². The molecule has 3 nitrogen and oxygen atoms in total. The molecule has 0 aliphatic carbocycles. The van der Waals surface area contributed by atoms with Crippen LogP contribution >= 0.6 is 0 Å². The number of nitrogens with one attached hydrogen (secondary N) is 1. The van der Waals surface area contributed by atoms with Gasteiger partial charge in [-0.2, -0.15) is 0 Å². The third-order valence-corrected chi connectivity index (χ3v) is 3.24. The van der Waals surface area contributed by atoms with Crippen molar-refractivity contribution in [3.05, 3.63) is 35.6 Å². The van der Waals surface area contributed by atoms with Gasteiger partial charge in [-0.15, -0.1) is 0 Å². The maximum atomic E-state index is 13.7. The molecule has 0 bridgehead atoms. The SMILES string of the molecule is C[C@@H](NC(=O)C(CN)CC(C)(C)C)c1ccccc1F. The number of halogens is 1. The Bertz CT molecular complexity index is 454. The van der Waals surface area contributed by atoms with Crippen LogP contribution in [0.2, 0.25) is 0 Å². The van der Waals surface area contributed by atoms with Crippen LogP contribution in [-0.4, -0.2) is 12.5 Å². The van der Waals surface area contributed by atoms with Crippen LogP contribution in [0.1, 0.15) is 45.7 Å². The fourth-order valence-corrected chi connectivity index (χ4v) is 2.26. The molecular weight excluding hydrogens is 255 g/mol. The lowest BCUT2D eigenvalue weighted by Gasteiger charge is -2.26. The van der Waals surface area contributed by atoms with Crippen LogP contribution in [0.4, 0.5) is 4.39 Å². The monoisotopic (exact) mass is 280 g/mol. The Hall–Kier alpha value is -1.42. The molecule has 4 heteroatoms. The molecule has 0 fully saturated rings. The molecule has 0 spiro atoms. The van der Waals surface area contributed by atoms with Crippen molar-refractivity contribution < 1.29 is 9.18 Å². The third kappa shape index (κ3) is 4.93. The van der Waals surface area contributed by atoms with E-state index in [9.17, 15) is 9.18 Å². The first-order valence-corrected chi connectivity index (χ1v) is 6.99. The van der Waals surface area contributed by atoms with E-state index in [4.69, 9.17) is 5.73 Å². The molecule has 0 aliphatic rings. The van der Waals surface area contributed by atoms with E-state index in [1.807, 2.05) is 0 Å². The molecule has 0 aromatic heterocycles. The van der Waals surface area contributed by atoms with Crippen molar-refractivity contribution in [2.75, 3.05) is 6.54 Å². The van der Waals surface area contributed by atoms with Gasteiger partial charge in [-0.25, -0.2) is 4.39 Å². The Morgan fingerprint density at radius 2 is 1.95 bits per heavy atom. The molecule has 20 heavy (non-hydrogen) atoms. The lowest BCUT2D eigenvalue weighted by Crippen LogP contribution is -2.38. The van der Waals surface area contributed by atoms with Gasteiger partial charge >= 0.3 is 0 Å². The Labute approximate surface area is 120 Å². The molecule has 1 aromatic rings. The van der Waals surface area contributed by atoms with E-state index in [-0.39, 0.29) is 29.1 Å². The normalized spacial score (nSPS) is 14.7. The molecule has 0 saturated carbocycles. The van der Waals surface area contributed by atoms with E-state index in [1.54, 1.807) is 25.1 Å². The Morgan fingerprint density at radius 1 is 1.35 bits per heavy atom. The predicted molar refractivity (Wildman–Crippen MR) is 79.6 cm³/mol. The molecule has 0 aliphatic heterocycles. The molecule has 1 unspecified atom stereocenters. The first-order valence-electron chi connectivity index (χ1n) is 6.99. The molecule has 0 saturated heterocycles. The van der Waals surface area contributed by atoms with Crippen LogP contribution in [0.25, 0.3) is 0 Å². The summed E-state index contributed by atoms with van der Waals surface area (Å²) in [5.41, 5.74) is 6.21. The molecule has 112 valence electrons. The standard InChI is InChI=1S/C16H25FN2O/c1-11(13-7-5-6-8-14(13)17)19-15(20)12(10-18)9-16(2,3)4/h5-8,11-12H,9-10,18H2,1-4H3,(H,19,20)/t11-,12?/m1/s1. The van der Waals surface area contributed by atoms with Gasteiger partial charge < -0.3 is 11.1 Å². The van der Waals surface area contributed by atoms with Gasteiger partial charge in [-0.3, -0.25) is 4.79 Å². The van der Waals surface area contributed by atoms with Crippen LogP contribution in [0.3, 0.4) is 0 Å². The van der Waals surface area contributed by atoms with E-state index >= 15 is 0 Å². The van der Waals surface area contributed by atoms with Crippen LogP contribution in [0, 0.1) is 17.2 Å². The summed E-state index contributed by atoms with van der Waals surface area (Å²) in [6.07, 6.45) is 0.708. The third-order valence-electron chi connectivity index (χ3n) is 3.24. The quantitative estimate of drug-likeness (QED) is 0.871. The van der Waals surface area contributed by atoms with E-state index < -0.39 is 0 Å². The Balaban J connectivity index is 2.71. The van der Waals surface area contributed by atoms with Crippen LogP contribution in [0.15, 0.2) is 24.3 Å². The summed E-state index contributed by atoms with van der Waals surface area (Å²) in [4.78, 5) is 12.2. The zero-order valence-corrected chi connectivity index (χ0v) is 12.7. The first kappa shape index (κ1) is 16.6. The van der Waals surface area contributed by atoms with E-state index in [2.05, 4.69) is 26.1 Å². The first-order chi connectivity index (χ1) is 9.24. The fourth-order valence-electron chi connectivity index (χ4n) is 2.26. The second-order valence-electron chi connectivity index (χ2n) is 6.45. The smallest absolute Gasteiger partial charge is 0.224 e. The lowest BCUT2D eigenvalue weighted by atomic mass is 9.84. The van der Waals surface area contributed by atoms with Crippen molar-refractivity contribution in [2.45, 2.75) is 40.2 Å². The zero-order valence-electron chi connectivity index (χ0n) is 12.7. The maximum absolute atomic E-state index is 13.7. The van der Waals surface area contributed by atoms with Gasteiger partial charge in [-0.1, -0.05) is 39.0 Å². The van der Waals surface area contributed by atoms with Gasteiger partial charge in [0.05, 0.1) is 12.0 Å². The summed E-state index contributed by atoms with van der Waals surface area (Å²) in [6, 6.07) is 6.11. The zero-order chi connectivity index (χ0) is 15.3. The minimum Gasteiger partial charge on any atom is -0.349 e. The molecule has 1 aromatic carbocycles. The number of carbonyl (C=O) groups excluding carboxylic acids is 1. The van der Waals surface area contributed by atoms with Gasteiger partial charge in [-0.05, 0) is 24.8 Å². The van der Waals surface area contributed by atoms with E-state index in [0.717, 1.165) is 0 Å². The average molecular weight is 280 g/mol. The summed E-state index contributed by atoms with van der Waals surface area (Å²) >= 11 is 0. The highest BCUT2D eigenvalue weighted by atomic mass is 19.1. The molecule has 3 N–H and O–H groups in total. The van der Waals surface area contributed by atoms with Crippen molar-refractivity contribution in [1.29, 1.82) is 0 Å². The van der Waals surface area contributed by atoms with E-state index in [1.165, 1.54) is 6.07 Å². The number of hydrogen-bond donors (Lipinski definition) is 2. The number of benzene rings is 1. The van der Waals surface area contributed by atoms with Gasteiger partial charge in [0.2, 0.25) is 5.91 Å². The van der Waals surface area contributed by atoms with Gasteiger partial charge in [0.15, 0.2) is 0 Å². The number of amides is 1. The van der Waals surface area contributed by atoms with Crippen molar-refractivity contribution in [1.82, 2.24) is 5.32 Å². The second kappa shape index (κ2) is 6.84. The molecule has 1 amide bonds. The van der Waals surface area contributed by atoms with Crippen molar-refractivity contribution in [3.63, 3.8) is 0 Å². The number of nitrogens with two attached hydrogens (primary N) is 1. The van der Waals surface area contributed by atoms with Crippen molar-refractivity contribution in [3.8, 4) is 0 Å². The topological polar surface area (TPSA) is 55.1 Å². The molecule has 2 atom stereocenters. The summed E-state index contributed by atoms with van der Waals surface area (Å²) in [5.74, 6) is -0.664. The molecule has 1 rings (SSSR count). The highest BCUT2D eigenvalue weighted by Gasteiger charge is 2.25. The van der Waals surface area contributed by atoms with Crippen LogP contribution < -0.4 is 11.1 Å². The molecular formula is C16H25FN2O. The summed E-state index contributed by atoms with van der Waals surface area (Å²) < 4.78 is 13.7.